The van der Waals surface area contributed by atoms with E-state index >= 15 is 0 Å². The van der Waals surface area contributed by atoms with E-state index < -0.39 is 0 Å². The smallest absolute Gasteiger partial charge is 0.115 e. The molecule has 2 rings (SSSR count). The van der Waals surface area contributed by atoms with Crippen molar-refractivity contribution in [3.05, 3.63) is 72.3 Å². The highest BCUT2D eigenvalue weighted by Gasteiger charge is 2.11. The van der Waals surface area contributed by atoms with E-state index in [4.69, 9.17) is 14.9 Å². The predicted octanol–water partition coefficient (Wildman–Crippen LogP) is 5.39. The monoisotopic (exact) mass is 326 g/mol. The summed E-state index contributed by atoms with van der Waals surface area (Å²) in [4.78, 5) is 0. The van der Waals surface area contributed by atoms with Gasteiger partial charge in [-0.05, 0) is 61.7 Å². The number of hydrogen-bond acceptors (Lipinski definition) is 3. The second-order valence-corrected chi connectivity index (χ2v) is 6.25. The highest BCUT2D eigenvalue weighted by atomic mass is 16.5. The van der Waals surface area contributed by atoms with Gasteiger partial charge in [-0.25, -0.2) is 0 Å². The molecule has 3 nitrogen and oxygen atoms in total. The first-order valence-electron chi connectivity index (χ1n) is 7.75. The second-order valence-electron chi connectivity index (χ2n) is 6.25. The maximum Gasteiger partial charge on any atom is 0.115 e. The van der Waals surface area contributed by atoms with E-state index in [1.54, 1.807) is 0 Å². The van der Waals surface area contributed by atoms with Gasteiger partial charge < -0.3 is 14.9 Å². The predicted molar refractivity (Wildman–Crippen MR) is 101 cm³/mol. The van der Waals surface area contributed by atoms with Crippen LogP contribution in [-0.2, 0) is 11.3 Å². The van der Waals surface area contributed by atoms with Crippen LogP contribution in [0, 0.1) is 0 Å². The van der Waals surface area contributed by atoms with Crippen molar-refractivity contribution >= 4 is 12.2 Å². The Bertz CT molecular complexity index is 643. The number of rotatable bonds is 4. The van der Waals surface area contributed by atoms with Gasteiger partial charge in [0.1, 0.15) is 11.5 Å². The van der Waals surface area contributed by atoms with Crippen LogP contribution in [0.4, 0.5) is 0 Å². The Morgan fingerprint density at radius 3 is 1.88 bits per heavy atom. The third-order valence-electron chi connectivity index (χ3n) is 3.16. The van der Waals surface area contributed by atoms with Gasteiger partial charge in [0.15, 0.2) is 0 Å². The van der Waals surface area contributed by atoms with Crippen molar-refractivity contribution in [3.63, 3.8) is 0 Å². The Kier molecular flexibility index (Phi) is 7.28. The summed E-state index contributed by atoms with van der Waals surface area (Å²) >= 11 is 0. The zero-order chi connectivity index (χ0) is 18.2. The molecule has 0 aliphatic carbocycles. The van der Waals surface area contributed by atoms with Gasteiger partial charge in [-0.15, -0.1) is 0 Å². The molecule has 0 unspecified atom stereocenters. The van der Waals surface area contributed by atoms with Crippen LogP contribution < -0.4 is 0 Å². The molecule has 0 spiro atoms. The lowest BCUT2D eigenvalue weighted by molar-refractivity contribution is -0.0150. The van der Waals surface area contributed by atoms with Gasteiger partial charge in [0.25, 0.3) is 0 Å². The summed E-state index contributed by atoms with van der Waals surface area (Å²) in [7, 11) is 0. The molecule has 0 aliphatic rings. The average molecular weight is 326 g/mol. The summed E-state index contributed by atoms with van der Waals surface area (Å²) in [5, 5.41) is 17.3. The van der Waals surface area contributed by atoms with Crippen LogP contribution in [0.5, 0.6) is 11.5 Å². The van der Waals surface area contributed by atoms with Crippen LogP contribution in [0.15, 0.2) is 55.6 Å². The van der Waals surface area contributed by atoms with Crippen molar-refractivity contribution in [2.75, 3.05) is 0 Å². The van der Waals surface area contributed by atoms with E-state index in [2.05, 4.69) is 40.0 Å². The van der Waals surface area contributed by atoms with E-state index in [0.29, 0.717) is 6.61 Å². The third-order valence-corrected chi connectivity index (χ3v) is 3.16. The lowest BCUT2D eigenvalue weighted by atomic mass is 10.0. The number of ether oxygens (including phenoxy) is 1. The molecule has 0 saturated carbocycles. The molecule has 0 saturated heterocycles. The first-order chi connectivity index (χ1) is 11.3. The molecule has 0 heterocycles. The Hall–Kier alpha value is -2.52. The van der Waals surface area contributed by atoms with E-state index in [9.17, 15) is 0 Å². The molecule has 128 valence electrons. The summed E-state index contributed by atoms with van der Waals surface area (Å²) in [5.74, 6) is 0.339. The van der Waals surface area contributed by atoms with Gasteiger partial charge in [0, 0.05) is 0 Å². The Morgan fingerprint density at radius 1 is 0.917 bits per heavy atom. The first kappa shape index (κ1) is 19.5. The van der Waals surface area contributed by atoms with Crippen molar-refractivity contribution in [2.24, 2.45) is 0 Å². The first-order valence-corrected chi connectivity index (χ1v) is 7.75. The van der Waals surface area contributed by atoms with Crippen LogP contribution in [0.3, 0.4) is 0 Å². The quantitative estimate of drug-likeness (QED) is 0.741. The molecule has 0 radical (unpaired) electrons. The van der Waals surface area contributed by atoms with Crippen LogP contribution in [0.25, 0.3) is 12.2 Å². The van der Waals surface area contributed by atoms with E-state index in [0.717, 1.165) is 16.7 Å². The molecule has 24 heavy (non-hydrogen) atoms. The number of phenolic OH excluding ortho intramolecular Hbond substituents is 2. The van der Waals surface area contributed by atoms with Crippen LogP contribution >= 0.6 is 0 Å². The SMILES string of the molecule is C=Cc1cccc(COC(C)(C)C)c1C=C.Oc1ccc(O)cc1. The molecule has 3 heteroatoms. The van der Waals surface area contributed by atoms with Crippen molar-refractivity contribution in [1.29, 1.82) is 0 Å². The van der Waals surface area contributed by atoms with Crippen molar-refractivity contribution in [2.45, 2.75) is 33.0 Å². The largest absolute Gasteiger partial charge is 0.508 e. The van der Waals surface area contributed by atoms with Crippen molar-refractivity contribution in [3.8, 4) is 11.5 Å². The van der Waals surface area contributed by atoms with Gasteiger partial charge in [0.2, 0.25) is 0 Å². The third kappa shape index (κ3) is 6.71. The minimum Gasteiger partial charge on any atom is -0.508 e. The molecule has 0 bridgehead atoms. The number of benzene rings is 2. The maximum atomic E-state index is 8.65. The van der Waals surface area contributed by atoms with Gasteiger partial charge >= 0.3 is 0 Å². The van der Waals surface area contributed by atoms with Crippen molar-refractivity contribution in [1.82, 2.24) is 0 Å². The summed E-state index contributed by atoms with van der Waals surface area (Å²) in [6.07, 6.45) is 3.70. The highest BCUT2D eigenvalue weighted by Crippen LogP contribution is 2.20. The summed E-state index contributed by atoms with van der Waals surface area (Å²) in [6.45, 7) is 14.4. The number of phenols is 2. The number of hydrogen-bond donors (Lipinski definition) is 2. The van der Waals surface area contributed by atoms with E-state index in [1.807, 2.05) is 24.3 Å². The van der Waals surface area contributed by atoms with Gasteiger partial charge in [-0.3, -0.25) is 0 Å². The fourth-order valence-corrected chi connectivity index (χ4v) is 1.93. The molecule has 0 amide bonds. The second kappa shape index (κ2) is 8.94. The standard InChI is InChI=1S/C15H20O.C6H6O2/c1-6-12-9-8-10-13(14(12)7-2)11-16-15(3,4)5;7-5-1-2-6(8)4-3-5/h6-10H,1-2,11H2,3-5H3;1-4,7-8H. The molecule has 0 aromatic heterocycles. The van der Waals surface area contributed by atoms with Gasteiger partial charge in [-0.2, -0.15) is 0 Å². The zero-order valence-corrected chi connectivity index (χ0v) is 14.6. The summed E-state index contributed by atoms with van der Waals surface area (Å²) in [5.41, 5.74) is 3.25. The van der Waals surface area contributed by atoms with Crippen molar-refractivity contribution < 1.29 is 14.9 Å². The summed E-state index contributed by atoms with van der Waals surface area (Å²) < 4.78 is 5.78. The highest BCUT2D eigenvalue weighted by molar-refractivity contribution is 5.66. The normalized spacial score (nSPS) is 10.5. The van der Waals surface area contributed by atoms with Gasteiger partial charge in [-0.1, -0.05) is 43.5 Å². The van der Waals surface area contributed by atoms with E-state index in [1.165, 1.54) is 24.3 Å². The fourth-order valence-electron chi connectivity index (χ4n) is 1.93. The van der Waals surface area contributed by atoms with Crippen LogP contribution in [0.2, 0.25) is 0 Å². The molecule has 0 fully saturated rings. The molecule has 0 atom stereocenters. The van der Waals surface area contributed by atoms with Crippen LogP contribution in [0.1, 0.15) is 37.5 Å². The van der Waals surface area contributed by atoms with Crippen LogP contribution in [-0.4, -0.2) is 15.8 Å². The maximum absolute atomic E-state index is 8.65. The topological polar surface area (TPSA) is 49.7 Å². The summed E-state index contributed by atoms with van der Waals surface area (Å²) in [6, 6.07) is 11.8. The minimum absolute atomic E-state index is 0.122. The van der Waals surface area contributed by atoms with Gasteiger partial charge in [0.05, 0.1) is 12.2 Å². The zero-order valence-electron chi connectivity index (χ0n) is 14.6. The fraction of sp³-hybridized carbons (Fsp3) is 0.238. The minimum atomic E-state index is -0.122. The molecule has 2 aromatic rings. The Balaban J connectivity index is 0.000000300. The molecular weight excluding hydrogens is 300 g/mol. The molecule has 2 aromatic carbocycles. The average Bonchev–Trinajstić information content (AvgIpc) is 2.55. The molecule has 2 N–H and O–H groups in total. The Morgan fingerprint density at radius 2 is 1.46 bits per heavy atom. The lowest BCUT2D eigenvalue weighted by Crippen LogP contribution is -2.19. The molecular formula is C21H26O3. The Labute approximate surface area is 144 Å². The molecule has 0 aliphatic heterocycles. The lowest BCUT2D eigenvalue weighted by Gasteiger charge is -2.20. The van der Waals surface area contributed by atoms with E-state index in [-0.39, 0.29) is 17.1 Å². The number of aromatic hydroxyl groups is 2.